The van der Waals surface area contributed by atoms with Crippen LogP contribution in [0.25, 0.3) is 11.3 Å². The van der Waals surface area contributed by atoms with Crippen molar-refractivity contribution < 1.29 is 9.32 Å². The molecule has 4 rings (SSSR count). The fourth-order valence-electron chi connectivity index (χ4n) is 3.49. The SMILES string of the molecule is N=C(c1ccc(-c2cc(CCC(=O)c3ccc(Cl)s3)no2)cc1)N1CCCCC1. The highest BCUT2D eigenvalue weighted by Crippen LogP contribution is 2.25. The van der Waals surface area contributed by atoms with Gasteiger partial charge in [0.05, 0.1) is 14.9 Å². The van der Waals surface area contributed by atoms with Gasteiger partial charge in [0.15, 0.2) is 11.5 Å². The number of ketones is 1. The maximum absolute atomic E-state index is 12.2. The van der Waals surface area contributed by atoms with Gasteiger partial charge in [-0.05, 0) is 31.4 Å². The van der Waals surface area contributed by atoms with Crippen molar-refractivity contribution in [2.75, 3.05) is 13.1 Å². The van der Waals surface area contributed by atoms with Crippen LogP contribution in [0.1, 0.15) is 46.6 Å². The van der Waals surface area contributed by atoms with E-state index in [1.165, 1.54) is 17.8 Å². The van der Waals surface area contributed by atoms with E-state index in [0.717, 1.165) is 42.8 Å². The first-order chi connectivity index (χ1) is 14.1. The number of thiophene rings is 1. The van der Waals surface area contributed by atoms with Gasteiger partial charge in [-0.15, -0.1) is 11.3 Å². The number of rotatable bonds is 6. The fraction of sp³-hybridized carbons (Fsp3) is 0.318. The molecule has 1 aliphatic rings. The Morgan fingerprint density at radius 2 is 1.90 bits per heavy atom. The fourth-order valence-corrected chi connectivity index (χ4v) is 4.50. The summed E-state index contributed by atoms with van der Waals surface area (Å²) in [6.07, 6.45) is 4.46. The zero-order valence-electron chi connectivity index (χ0n) is 16.0. The highest BCUT2D eigenvalue weighted by atomic mass is 35.5. The molecule has 0 saturated carbocycles. The number of benzene rings is 1. The van der Waals surface area contributed by atoms with Crippen molar-refractivity contribution in [3.63, 3.8) is 0 Å². The van der Waals surface area contributed by atoms with E-state index in [1.807, 2.05) is 30.3 Å². The molecule has 0 unspecified atom stereocenters. The maximum atomic E-state index is 12.2. The highest BCUT2D eigenvalue weighted by Gasteiger charge is 2.16. The number of carbonyl (C=O) groups excluding carboxylic acids is 1. The molecule has 7 heteroatoms. The summed E-state index contributed by atoms with van der Waals surface area (Å²) in [7, 11) is 0. The quantitative estimate of drug-likeness (QED) is 0.312. The third kappa shape index (κ3) is 4.77. The van der Waals surface area contributed by atoms with E-state index in [1.54, 1.807) is 12.1 Å². The lowest BCUT2D eigenvalue weighted by Gasteiger charge is -2.29. The third-order valence-corrected chi connectivity index (χ3v) is 6.40. The summed E-state index contributed by atoms with van der Waals surface area (Å²) < 4.78 is 6.08. The summed E-state index contributed by atoms with van der Waals surface area (Å²) in [6, 6.07) is 13.2. The summed E-state index contributed by atoms with van der Waals surface area (Å²) in [6.45, 7) is 1.92. The first kappa shape index (κ1) is 19.9. The molecule has 3 heterocycles. The lowest BCUT2D eigenvalue weighted by molar-refractivity contribution is 0.0986. The Balaban J connectivity index is 1.37. The van der Waals surface area contributed by atoms with Gasteiger partial charge in [-0.3, -0.25) is 10.2 Å². The van der Waals surface area contributed by atoms with Gasteiger partial charge < -0.3 is 9.42 Å². The van der Waals surface area contributed by atoms with E-state index >= 15 is 0 Å². The molecular weight excluding hydrogens is 406 g/mol. The van der Waals surface area contributed by atoms with E-state index in [9.17, 15) is 4.79 Å². The predicted molar refractivity (Wildman–Crippen MR) is 116 cm³/mol. The second kappa shape index (κ2) is 8.93. The number of aromatic nitrogens is 1. The molecule has 1 fully saturated rings. The van der Waals surface area contributed by atoms with Gasteiger partial charge in [0.1, 0.15) is 5.84 Å². The summed E-state index contributed by atoms with van der Waals surface area (Å²) in [5.74, 6) is 1.32. The van der Waals surface area contributed by atoms with Crippen LogP contribution in [0.15, 0.2) is 47.0 Å². The summed E-state index contributed by atoms with van der Waals surface area (Å²) in [5.41, 5.74) is 2.58. The van der Waals surface area contributed by atoms with E-state index in [-0.39, 0.29) is 5.78 Å². The molecule has 1 N–H and O–H groups in total. The summed E-state index contributed by atoms with van der Waals surface area (Å²) in [5, 5.41) is 12.5. The zero-order valence-corrected chi connectivity index (χ0v) is 17.6. The van der Waals surface area contributed by atoms with Crippen LogP contribution in [0.3, 0.4) is 0 Å². The van der Waals surface area contributed by atoms with Crippen molar-refractivity contribution in [1.82, 2.24) is 10.1 Å². The van der Waals surface area contributed by atoms with Gasteiger partial charge in [0.25, 0.3) is 0 Å². The second-order valence-corrected chi connectivity index (χ2v) is 8.90. The van der Waals surface area contributed by atoms with Gasteiger partial charge >= 0.3 is 0 Å². The molecule has 29 heavy (non-hydrogen) atoms. The largest absolute Gasteiger partial charge is 0.357 e. The molecule has 1 aliphatic heterocycles. The van der Waals surface area contributed by atoms with Crippen LogP contribution in [0.5, 0.6) is 0 Å². The minimum atomic E-state index is 0.0621. The average Bonchev–Trinajstić information content (AvgIpc) is 3.41. The first-order valence-electron chi connectivity index (χ1n) is 9.78. The Bertz CT molecular complexity index is 1000. The molecule has 0 atom stereocenters. The van der Waals surface area contributed by atoms with Crippen LogP contribution in [0.4, 0.5) is 0 Å². The molecule has 0 spiro atoms. The number of piperidine rings is 1. The number of halogens is 1. The predicted octanol–water partition coefficient (Wildman–Crippen LogP) is 5.68. The molecule has 0 radical (unpaired) electrons. The van der Waals surface area contributed by atoms with Crippen molar-refractivity contribution >= 4 is 34.6 Å². The van der Waals surface area contributed by atoms with Crippen LogP contribution >= 0.6 is 22.9 Å². The lowest BCUT2D eigenvalue weighted by Crippen LogP contribution is -2.35. The van der Waals surface area contributed by atoms with Crippen LogP contribution in [0, 0.1) is 5.41 Å². The van der Waals surface area contributed by atoms with E-state index in [4.69, 9.17) is 21.5 Å². The van der Waals surface area contributed by atoms with Crippen LogP contribution in [-0.2, 0) is 6.42 Å². The first-order valence-corrected chi connectivity index (χ1v) is 11.0. The maximum Gasteiger partial charge on any atom is 0.173 e. The third-order valence-electron chi connectivity index (χ3n) is 5.13. The molecule has 1 saturated heterocycles. The molecule has 2 aromatic heterocycles. The van der Waals surface area contributed by atoms with Gasteiger partial charge in [-0.25, -0.2) is 0 Å². The number of hydrogen-bond donors (Lipinski definition) is 1. The molecule has 0 amide bonds. The number of likely N-dealkylation sites (tertiary alicyclic amines) is 1. The summed E-state index contributed by atoms with van der Waals surface area (Å²) >= 11 is 7.19. The van der Waals surface area contributed by atoms with Gasteiger partial charge in [0.2, 0.25) is 0 Å². The van der Waals surface area contributed by atoms with E-state index in [2.05, 4.69) is 10.1 Å². The molecule has 5 nitrogen and oxygen atoms in total. The Morgan fingerprint density at radius 1 is 1.14 bits per heavy atom. The molecular formula is C22H22ClN3O2S. The minimum Gasteiger partial charge on any atom is -0.357 e. The highest BCUT2D eigenvalue weighted by molar-refractivity contribution is 7.18. The van der Waals surface area contributed by atoms with Gasteiger partial charge in [0, 0.05) is 43.1 Å². The molecule has 1 aromatic carbocycles. The van der Waals surface area contributed by atoms with Crippen LogP contribution in [-0.4, -0.2) is 34.8 Å². The smallest absolute Gasteiger partial charge is 0.173 e. The monoisotopic (exact) mass is 427 g/mol. The Hall–Kier alpha value is -2.44. The molecule has 0 aliphatic carbocycles. The Kier molecular flexibility index (Phi) is 6.11. The normalized spacial score (nSPS) is 14.2. The number of amidine groups is 1. The number of Topliss-reactive ketones (excluding diaryl/α,β-unsaturated/α-hetero) is 1. The number of nitrogens with one attached hydrogen (secondary N) is 1. The van der Waals surface area contributed by atoms with Crippen molar-refractivity contribution in [3.05, 3.63) is 62.9 Å². The van der Waals surface area contributed by atoms with Gasteiger partial charge in [-0.2, -0.15) is 0 Å². The number of hydrogen-bond acceptors (Lipinski definition) is 5. The van der Waals surface area contributed by atoms with Crippen LogP contribution in [0.2, 0.25) is 4.34 Å². The number of carbonyl (C=O) groups is 1. The number of nitrogens with zero attached hydrogens (tertiary/aromatic N) is 2. The molecule has 0 bridgehead atoms. The van der Waals surface area contributed by atoms with E-state index in [0.29, 0.717) is 33.7 Å². The van der Waals surface area contributed by atoms with Gasteiger partial charge in [-0.1, -0.05) is 41.0 Å². The van der Waals surface area contributed by atoms with Crippen molar-refractivity contribution in [2.24, 2.45) is 0 Å². The lowest BCUT2D eigenvalue weighted by atomic mass is 10.1. The average molecular weight is 428 g/mol. The molecule has 3 aromatic rings. The minimum absolute atomic E-state index is 0.0621. The number of aryl methyl sites for hydroxylation is 1. The van der Waals surface area contributed by atoms with Crippen LogP contribution < -0.4 is 0 Å². The molecule has 150 valence electrons. The van der Waals surface area contributed by atoms with Crippen molar-refractivity contribution in [1.29, 1.82) is 5.41 Å². The Labute approximate surface area is 178 Å². The standard InChI is InChI=1S/C22H22ClN3O2S/c23-21-11-10-20(29-21)18(27)9-8-17-14-19(28-25-17)15-4-6-16(7-5-15)22(24)26-12-2-1-3-13-26/h4-7,10-11,14,24H,1-3,8-9,12-13H2. The topological polar surface area (TPSA) is 70.2 Å². The second-order valence-electron chi connectivity index (χ2n) is 7.18. The van der Waals surface area contributed by atoms with Crippen molar-refractivity contribution in [3.8, 4) is 11.3 Å². The summed E-state index contributed by atoms with van der Waals surface area (Å²) in [4.78, 5) is 15.0. The zero-order chi connectivity index (χ0) is 20.2. The van der Waals surface area contributed by atoms with E-state index < -0.39 is 0 Å². The van der Waals surface area contributed by atoms with Crippen molar-refractivity contribution in [2.45, 2.75) is 32.1 Å². The Morgan fingerprint density at radius 3 is 2.59 bits per heavy atom.